The van der Waals surface area contributed by atoms with E-state index in [-0.39, 0.29) is 6.61 Å². The third-order valence-corrected chi connectivity index (χ3v) is 1.95. The lowest BCUT2D eigenvalue weighted by Gasteiger charge is -2.18. The first-order valence-corrected chi connectivity index (χ1v) is 4.42. The van der Waals surface area contributed by atoms with E-state index in [9.17, 15) is 22.4 Å². The molecule has 0 aromatic heterocycles. The Morgan fingerprint density at radius 2 is 2.12 bits per heavy atom. The van der Waals surface area contributed by atoms with Crippen LogP contribution in [0.5, 0.6) is 0 Å². The summed E-state index contributed by atoms with van der Waals surface area (Å²) >= 11 is 0. The van der Waals surface area contributed by atoms with Gasteiger partial charge in [-0.3, -0.25) is 5.01 Å². The molecule has 8 heteroatoms. The number of hydrogen-bond acceptors (Lipinski definition) is 4. The van der Waals surface area contributed by atoms with Crippen molar-refractivity contribution in [3.63, 3.8) is 0 Å². The van der Waals surface area contributed by atoms with Crippen LogP contribution in [0.3, 0.4) is 0 Å². The van der Waals surface area contributed by atoms with Gasteiger partial charge in [-0.05, 0) is 6.92 Å². The summed E-state index contributed by atoms with van der Waals surface area (Å²) in [5, 5.41) is 0.504. The number of nitrogens with one attached hydrogen (secondary N) is 1. The lowest BCUT2D eigenvalue weighted by Crippen LogP contribution is -2.45. The third-order valence-electron chi connectivity index (χ3n) is 1.95. The average molecular weight is 242 g/mol. The van der Waals surface area contributed by atoms with Crippen LogP contribution in [0.15, 0.2) is 11.5 Å². The van der Waals surface area contributed by atoms with Gasteiger partial charge in [0.05, 0.1) is 6.61 Å². The Balaban J connectivity index is 3.03. The van der Waals surface area contributed by atoms with Crippen molar-refractivity contribution in [1.82, 2.24) is 10.4 Å². The maximum absolute atomic E-state index is 13.3. The fraction of sp³-hybridized carbons (Fsp3) is 0.625. The lowest BCUT2D eigenvalue weighted by molar-refractivity contribution is -0.159. The molecule has 0 radical (unpaired) electrons. The summed E-state index contributed by atoms with van der Waals surface area (Å²) in [6.07, 6.45) is -4.76. The second kappa shape index (κ2) is 4.28. The zero-order valence-electron chi connectivity index (χ0n) is 8.56. The first kappa shape index (κ1) is 12.8. The molecule has 1 aliphatic heterocycles. The minimum absolute atomic E-state index is 0.121. The van der Waals surface area contributed by atoms with Gasteiger partial charge in [0.1, 0.15) is 5.57 Å². The molecule has 1 unspecified atom stereocenters. The predicted octanol–water partition coefficient (Wildman–Crippen LogP) is 1.11. The van der Waals surface area contributed by atoms with Crippen molar-refractivity contribution >= 4 is 5.97 Å². The van der Waals surface area contributed by atoms with Gasteiger partial charge >= 0.3 is 12.1 Å². The highest BCUT2D eigenvalue weighted by Crippen LogP contribution is 2.33. The standard InChI is InChI=1S/C8H10F4N2O2/c1-3-16-7(15)4-5(8(10,11)12)13-14(2)6(4)9/h5,13H,3H2,1-2H3. The molecule has 0 saturated heterocycles. The maximum atomic E-state index is 13.3. The van der Waals surface area contributed by atoms with Crippen LogP contribution in [0, 0.1) is 0 Å². The van der Waals surface area contributed by atoms with E-state index in [1.54, 1.807) is 5.43 Å². The van der Waals surface area contributed by atoms with Crippen molar-refractivity contribution in [3.05, 3.63) is 11.5 Å². The van der Waals surface area contributed by atoms with E-state index in [4.69, 9.17) is 0 Å². The number of ether oxygens (including phenoxy) is 1. The quantitative estimate of drug-likeness (QED) is 0.447. The highest BCUT2D eigenvalue weighted by molar-refractivity contribution is 5.91. The molecule has 0 aromatic rings. The molecule has 0 bridgehead atoms. The van der Waals surface area contributed by atoms with Gasteiger partial charge in [0.15, 0.2) is 6.04 Å². The molecule has 0 aromatic carbocycles. The minimum Gasteiger partial charge on any atom is -0.462 e. The number of hydrogen-bond donors (Lipinski definition) is 1. The summed E-state index contributed by atoms with van der Waals surface area (Å²) in [5.41, 5.74) is 0.747. The van der Waals surface area contributed by atoms with Gasteiger partial charge in [-0.25, -0.2) is 10.2 Å². The highest BCUT2D eigenvalue weighted by Gasteiger charge is 2.51. The van der Waals surface area contributed by atoms with E-state index < -0.39 is 29.7 Å². The monoisotopic (exact) mass is 242 g/mol. The summed E-state index contributed by atoms with van der Waals surface area (Å²) in [6, 6.07) is -2.36. The van der Waals surface area contributed by atoms with Crippen molar-refractivity contribution in [2.75, 3.05) is 13.7 Å². The molecule has 1 heterocycles. The molecule has 0 fully saturated rings. The Morgan fingerprint density at radius 1 is 1.56 bits per heavy atom. The molecule has 1 rings (SSSR count). The van der Waals surface area contributed by atoms with E-state index in [1.165, 1.54) is 6.92 Å². The fourth-order valence-electron chi connectivity index (χ4n) is 1.26. The van der Waals surface area contributed by atoms with Crippen molar-refractivity contribution < 1.29 is 27.1 Å². The summed E-state index contributed by atoms with van der Waals surface area (Å²) < 4.78 is 55.0. The molecule has 1 N–H and O–H groups in total. The van der Waals surface area contributed by atoms with Crippen LogP contribution >= 0.6 is 0 Å². The van der Waals surface area contributed by atoms with Crippen LogP contribution in [-0.4, -0.2) is 36.9 Å². The zero-order valence-corrected chi connectivity index (χ0v) is 8.56. The summed E-state index contributed by atoms with van der Waals surface area (Å²) in [4.78, 5) is 11.2. The summed E-state index contributed by atoms with van der Waals surface area (Å²) in [6.45, 7) is 1.30. The average Bonchev–Trinajstić information content (AvgIpc) is 2.43. The van der Waals surface area contributed by atoms with Crippen LogP contribution in [0.1, 0.15) is 6.92 Å². The molecule has 4 nitrogen and oxygen atoms in total. The Bertz CT molecular complexity index is 326. The number of esters is 1. The summed E-state index contributed by atoms with van der Waals surface area (Å²) in [7, 11) is 1.04. The molecule has 0 amide bonds. The van der Waals surface area contributed by atoms with Gasteiger partial charge in [0, 0.05) is 7.05 Å². The topological polar surface area (TPSA) is 41.6 Å². The molecular formula is C8H10F4N2O2. The van der Waals surface area contributed by atoms with E-state index in [0.29, 0.717) is 5.01 Å². The number of halogens is 4. The van der Waals surface area contributed by atoms with E-state index >= 15 is 0 Å². The van der Waals surface area contributed by atoms with Crippen LogP contribution < -0.4 is 5.43 Å². The van der Waals surface area contributed by atoms with Crippen molar-refractivity contribution in [2.45, 2.75) is 19.1 Å². The second-order valence-corrected chi connectivity index (χ2v) is 3.09. The van der Waals surface area contributed by atoms with Crippen LogP contribution in [0.2, 0.25) is 0 Å². The first-order chi connectivity index (χ1) is 7.29. The van der Waals surface area contributed by atoms with Gasteiger partial charge in [-0.15, -0.1) is 0 Å². The van der Waals surface area contributed by atoms with Crippen LogP contribution in [-0.2, 0) is 9.53 Å². The van der Waals surface area contributed by atoms with E-state index in [2.05, 4.69) is 4.74 Å². The number of carbonyl (C=O) groups excluding carboxylic acids is 1. The van der Waals surface area contributed by atoms with Gasteiger partial charge in [0.2, 0.25) is 5.95 Å². The predicted molar refractivity (Wildman–Crippen MR) is 45.5 cm³/mol. The molecule has 1 atom stereocenters. The number of alkyl halides is 3. The Morgan fingerprint density at radius 3 is 2.56 bits per heavy atom. The van der Waals surface area contributed by atoms with E-state index in [1.807, 2.05) is 0 Å². The Hall–Kier alpha value is -1.31. The van der Waals surface area contributed by atoms with Crippen molar-refractivity contribution in [1.29, 1.82) is 0 Å². The van der Waals surface area contributed by atoms with Crippen molar-refractivity contribution in [2.24, 2.45) is 0 Å². The Kier molecular flexibility index (Phi) is 3.41. The molecule has 92 valence electrons. The number of nitrogens with zero attached hydrogens (tertiary/aromatic N) is 1. The highest BCUT2D eigenvalue weighted by atomic mass is 19.4. The number of hydrazine groups is 1. The maximum Gasteiger partial charge on any atom is 0.410 e. The molecular weight excluding hydrogens is 232 g/mol. The SMILES string of the molecule is CCOC(=O)C1=C(F)N(C)NC1C(F)(F)F. The molecule has 0 spiro atoms. The summed E-state index contributed by atoms with van der Waals surface area (Å²) in [5.74, 6) is -2.58. The number of carbonyl (C=O) groups is 1. The molecule has 1 aliphatic rings. The number of rotatable bonds is 2. The normalized spacial score (nSPS) is 21.6. The van der Waals surface area contributed by atoms with Crippen LogP contribution in [0.25, 0.3) is 0 Å². The lowest BCUT2D eigenvalue weighted by atomic mass is 10.1. The third kappa shape index (κ3) is 2.26. The second-order valence-electron chi connectivity index (χ2n) is 3.09. The molecule has 0 saturated carbocycles. The molecule has 0 aliphatic carbocycles. The van der Waals surface area contributed by atoms with Crippen LogP contribution in [0.4, 0.5) is 17.6 Å². The molecule has 16 heavy (non-hydrogen) atoms. The van der Waals surface area contributed by atoms with Gasteiger partial charge in [0.25, 0.3) is 0 Å². The van der Waals surface area contributed by atoms with Crippen molar-refractivity contribution in [3.8, 4) is 0 Å². The van der Waals surface area contributed by atoms with Gasteiger partial charge in [-0.2, -0.15) is 17.6 Å². The zero-order chi connectivity index (χ0) is 12.5. The Labute approximate surface area is 88.8 Å². The largest absolute Gasteiger partial charge is 0.462 e. The fourth-order valence-corrected chi connectivity index (χ4v) is 1.26. The smallest absolute Gasteiger partial charge is 0.410 e. The van der Waals surface area contributed by atoms with Gasteiger partial charge < -0.3 is 4.74 Å². The van der Waals surface area contributed by atoms with E-state index in [0.717, 1.165) is 7.05 Å². The van der Waals surface area contributed by atoms with Gasteiger partial charge in [-0.1, -0.05) is 0 Å². The first-order valence-electron chi connectivity index (χ1n) is 4.42. The minimum atomic E-state index is -4.76.